The normalized spacial score (nSPS) is 16.9. The molecule has 6 nitrogen and oxygen atoms in total. The lowest BCUT2D eigenvalue weighted by Crippen LogP contribution is -2.28. The van der Waals surface area contributed by atoms with Crippen LogP contribution in [0, 0.1) is 19.8 Å². The van der Waals surface area contributed by atoms with E-state index in [4.69, 9.17) is 5.11 Å². The molecule has 0 saturated carbocycles. The van der Waals surface area contributed by atoms with Crippen molar-refractivity contribution in [3.05, 3.63) is 46.8 Å². The SMILES string of the molecule is Cc1nn(-c2ccc(C(=O)N3CCC(C)C3)cc2)c(C)c1CCC(=O)O. The molecule has 0 bridgehead atoms. The van der Waals surface area contributed by atoms with Gasteiger partial charge in [-0.1, -0.05) is 6.92 Å². The highest BCUT2D eigenvalue weighted by Gasteiger charge is 2.24. The molecule has 6 heteroatoms. The predicted molar refractivity (Wildman–Crippen MR) is 98.7 cm³/mol. The number of hydrogen-bond acceptors (Lipinski definition) is 3. The number of benzene rings is 1. The number of amides is 1. The third kappa shape index (κ3) is 3.64. The maximum atomic E-state index is 12.6. The van der Waals surface area contributed by atoms with Gasteiger partial charge in [-0.15, -0.1) is 0 Å². The second kappa shape index (κ2) is 7.32. The summed E-state index contributed by atoms with van der Waals surface area (Å²) in [6, 6.07) is 7.47. The Morgan fingerprint density at radius 1 is 1.23 bits per heavy atom. The Kier molecular flexibility index (Phi) is 5.11. The number of aromatic nitrogens is 2. The molecule has 2 heterocycles. The zero-order valence-corrected chi connectivity index (χ0v) is 15.5. The van der Waals surface area contributed by atoms with Crippen LogP contribution in [0.15, 0.2) is 24.3 Å². The lowest BCUT2D eigenvalue weighted by molar-refractivity contribution is -0.136. The highest BCUT2D eigenvalue weighted by molar-refractivity contribution is 5.94. The van der Waals surface area contributed by atoms with Crippen molar-refractivity contribution >= 4 is 11.9 Å². The van der Waals surface area contributed by atoms with Crippen molar-refractivity contribution in [2.24, 2.45) is 5.92 Å². The van der Waals surface area contributed by atoms with Gasteiger partial charge in [0, 0.05) is 30.8 Å². The van der Waals surface area contributed by atoms with Crippen LogP contribution in [-0.4, -0.2) is 44.8 Å². The van der Waals surface area contributed by atoms with Crippen LogP contribution in [0.25, 0.3) is 5.69 Å². The molecule has 1 amide bonds. The number of carboxylic acids is 1. The monoisotopic (exact) mass is 355 g/mol. The number of aliphatic carboxylic acids is 1. The number of carboxylic acid groups (broad SMARTS) is 1. The number of rotatable bonds is 5. The molecule has 2 aromatic rings. The first-order valence-corrected chi connectivity index (χ1v) is 9.03. The van der Waals surface area contributed by atoms with Crippen molar-refractivity contribution in [2.75, 3.05) is 13.1 Å². The van der Waals surface area contributed by atoms with Crippen molar-refractivity contribution in [1.82, 2.24) is 14.7 Å². The summed E-state index contributed by atoms with van der Waals surface area (Å²) in [6.45, 7) is 7.66. The Bertz CT molecular complexity index is 824. The Hall–Kier alpha value is -2.63. The van der Waals surface area contributed by atoms with Gasteiger partial charge in [0.05, 0.1) is 11.4 Å². The lowest BCUT2D eigenvalue weighted by Gasteiger charge is -2.16. The molecule has 1 N–H and O–H groups in total. The highest BCUT2D eigenvalue weighted by Crippen LogP contribution is 2.21. The van der Waals surface area contributed by atoms with Crippen LogP contribution in [0.4, 0.5) is 0 Å². The van der Waals surface area contributed by atoms with Crippen LogP contribution < -0.4 is 0 Å². The van der Waals surface area contributed by atoms with Gasteiger partial charge in [0.1, 0.15) is 0 Å². The maximum Gasteiger partial charge on any atom is 0.303 e. The smallest absolute Gasteiger partial charge is 0.303 e. The average Bonchev–Trinajstić information content (AvgIpc) is 3.16. The number of likely N-dealkylation sites (tertiary alicyclic amines) is 1. The second-order valence-electron chi connectivity index (χ2n) is 7.15. The summed E-state index contributed by atoms with van der Waals surface area (Å²) < 4.78 is 1.82. The Labute approximate surface area is 153 Å². The van der Waals surface area contributed by atoms with Gasteiger partial charge in [-0.05, 0) is 62.4 Å². The number of carbonyl (C=O) groups excluding carboxylic acids is 1. The summed E-state index contributed by atoms with van der Waals surface area (Å²) in [5.41, 5.74) is 4.32. The molecule has 1 aromatic carbocycles. The third-order valence-corrected chi connectivity index (χ3v) is 5.10. The van der Waals surface area contributed by atoms with Crippen molar-refractivity contribution in [3.63, 3.8) is 0 Å². The lowest BCUT2D eigenvalue weighted by atomic mass is 10.1. The van der Waals surface area contributed by atoms with Crippen LogP contribution in [0.5, 0.6) is 0 Å². The van der Waals surface area contributed by atoms with Crippen LogP contribution >= 0.6 is 0 Å². The van der Waals surface area contributed by atoms with Gasteiger partial charge in [0.15, 0.2) is 0 Å². The van der Waals surface area contributed by atoms with E-state index >= 15 is 0 Å². The molecular formula is C20H25N3O3. The molecule has 0 aliphatic carbocycles. The van der Waals surface area contributed by atoms with Gasteiger partial charge in [-0.3, -0.25) is 9.59 Å². The number of nitrogens with zero attached hydrogens (tertiary/aromatic N) is 3. The largest absolute Gasteiger partial charge is 0.481 e. The van der Waals surface area contributed by atoms with E-state index < -0.39 is 5.97 Å². The van der Waals surface area contributed by atoms with E-state index in [2.05, 4.69) is 12.0 Å². The Morgan fingerprint density at radius 2 is 1.92 bits per heavy atom. The van der Waals surface area contributed by atoms with Crippen molar-refractivity contribution < 1.29 is 14.7 Å². The summed E-state index contributed by atoms with van der Waals surface area (Å²) in [7, 11) is 0. The number of aryl methyl sites for hydroxylation is 1. The number of hydrogen-bond donors (Lipinski definition) is 1. The van der Waals surface area contributed by atoms with Gasteiger partial charge in [-0.25, -0.2) is 4.68 Å². The minimum absolute atomic E-state index is 0.0800. The molecule has 1 fully saturated rings. The first-order chi connectivity index (χ1) is 12.4. The van der Waals surface area contributed by atoms with Gasteiger partial charge >= 0.3 is 5.97 Å². The standard InChI is InChI=1S/C20H25N3O3/c1-13-10-11-22(12-13)20(26)16-4-6-17(7-5-16)23-15(3)18(14(2)21-23)8-9-19(24)25/h4-7,13H,8-12H2,1-3H3,(H,24,25). The van der Waals surface area contributed by atoms with E-state index in [0.717, 1.165) is 42.1 Å². The molecule has 0 spiro atoms. The molecule has 3 rings (SSSR count). The Morgan fingerprint density at radius 3 is 2.50 bits per heavy atom. The van der Waals surface area contributed by atoms with E-state index in [1.165, 1.54) is 0 Å². The molecular weight excluding hydrogens is 330 g/mol. The van der Waals surface area contributed by atoms with E-state index in [1.54, 1.807) is 0 Å². The summed E-state index contributed by atoms with van der Waals surface area (Å²) in [5, 5.41) is 13.5. The highest BCUT2D eigenvalue weighted by atomic mass is 16.4. The average molecular weight is 355 g/mol. The molecule has 1 aliphatic heterocycles. The third-order valence-electron chi connectivity index (χ3n) is 5.10. The van der Waals surface area contributed by atoms with Crippen LogP contribution in [0.2, 0.25) is 0 Å². The van der Waals surface area contributed by atoms with E-state index in [-0.39, 0.29) is 12.3 Å². The van der Waals surface area contributed by atoms with E-state index in [9.17, 15) is 9.59 Å². The van der Waals surface area contributed by atoms with Crippen LogP contribution in [0.3, 0.4) is 0 Å². The molecule has 26 heavy (non-hydrogen) atoms. The minimum atomic E-state index is -0.810. The minimum Gasteiger partial charge on any atom is -0.481 e. The molecule has 138 valence electrons. The first-order valence-electron chi connectivity index (χ1n) is 9.03. The van der Waals surface area contributed by atoms with Crippen LogP contribution in [-0.2, 0) is 11.2 Å². The topological polar surface area (TPSA) is 75.4 Å². The van der Waals surface area contributed by atoms with E-state index in [0.29, 0.717) is 17.9 Å². The predicted octanol–water partition coefficient (Wildman–Crippen LogP) is 2.99. The second-order valence-corrected chi connectivity index (χ2v) is 7.15. The zero-order chi connectivity index (χ0) is 18.8. The quantitative estimate of drug-likeness (QED) is 0.895. The van der Waals surface area contributed by atoms with Crippen molar-refractivity contribution in [1.29, 1.82) is 0 Å². The van der Waals surface area contributed by atoms with Crippen LogP contribution in [0.1, 0.15) is 47.1 Å². The van der Waals surface area contributed by atoms with E-state index in [1.807, 2.05) is 47.7 Å². The van der Waals surface area contributed by atoms with Gasteiger partial charge in [0.25, 0.3) is 5.91 Å². The Balaban J connectivity index is 1.79. The van der Waals surface area contributed by atoms with Crippen molar-refractivity contribution in [2.45, 2.75) is 40.0 Å². The van der Waals surface area contributed by atoms with Gasteiger partial charge < -0.3 is 10.0 Å². The zero-order valence-electron chi connectivity index (χ0n) is 15.5. The maximum absolute atomic E-state index is 12.6. The van der Waals surface area contributed by atoms with Gasteiger partial charge in [-0.2, -0.15) is 5.10 Å². The molecule has 0 radical (unpaired) electrons. The molecule has 1 saturated heterocycles. The number of carbonyl (C=O) groups is 2. The fourth-order valence-corrected chi connectivity index (χ4v) is 3.57. The summed E-state index contributed by atoms with van der Waals surface area (Å²) in [4.78, 5) is 25.3. The summed E-state index contributed by atoms with van der Waals surface area (Å²) >= 11 is 0. The summed E-state index contributed by atoms with van der Waals surface area (Å²) in [6.07, 6.45) is 1.63. The fourth-order valence-electron chi connectivity index (χ4n) is 3.57. The van der Waals surface area contributed by atoms with Crippen molar-refractivity contribution in [3.8, 4) is 5.69 Å². The molecule has 1 unspecified atom stereocenters. The molecule has 1 aromatic heterocycles. The van der Waals surface area contributed by atoms with Gasteiger partial charge in [0.2, 0.25) is 0 Å². The molecule has 1 aliphatic rings. The fraction of sp³-hybridized carbons (Fsp3) is 0.450. The molecule has 1 atom stereocenters. The summed E-state index contributed by atoms with van der Waals surface area (Å²) in [5.74, 6) is -0.163. The first kappa shape index (κ1) is 18.2.